The van der Waals surface area contributed by atoms with E-state index in [1.807, 2.05) is 18.2 Å². The van der Waals surface area contributed by atoms with Gasteiger partial charge in [-0.15, -0.1) is 0 Å². The van der Waals surface area contributed by atoms with Crippen molar-refractivity contribution in [2.75, 3.05) is 7.11 Å². The van der Waals surface area contributed by atoms with E-state index in [1.165, 1.54) is 5.56 Å². The molecule has 0 radical (unpaired) electrons. The summed E-state index contributed by atoms with van der Waals surface area (Å²) in [6.45, 7) is 0. The summed E-state index contributed by atoms with van der Waals surface area (Å²) in [4.78, 5) is 12.4. The van der Waals surface area contributed by atoms with Gasteiger partial charge >= 0.3 is 0 Å². The number of methoxy groups -OCH3 is 1. The molecule has 1 fully saturated rings. The summed E-state index contributed by atoms with van der Waals surface area (Å²) in [7, 11) is 1.55. The Balaban J connectivity index is 1.70. The molecule has 0 unspecified atom stereocenters. The molecule has 2 aromatic rings. The van der Waals surface area contributed by atoms with Crippen molar-refractivity contribution in [2.24, 2.45) is 0 Å². The number of amides is 1. The number of hydrogen-bond acceptors (Lipinski definition) is 2. The second-order valence-electron chi connectivity index (χ2n) is 5.18. The normalized spacial score (nSPS) is 19.9. The first kappa shape index (κ1) is 14.0. The molecule has 0 spiro atoms. The summed E-state index contributed by atoms with van der Waals surface area (Å²) in [5.41, 5.74) is 1.74. The number of halogens is 1. The number of ether oxygens (including phenoxy) is 1. The van der Waals surface area contributed by atoms with Crippen LogP contribution in [-0.2, 0) is 0 Å². The van der Waals surface area contributed by atoms with Crippen LogP contribution < -0.4 is 10.1 Å². The summed E-state index contributed by atoms with van der Waals surface area (Å²) in [6.07, 6.45) is 0.971. The minimum absolute atomic E-state index is 0.141. The smallest absolute Gasteiger partial charge is 0.255 e. The maximum Gasteiger partial charge on any atom is 0.255 e. The van der Waals surface area contributed by atoms with E-state index in [1.54, 1.807) is 25.3 Å². The molecule has 1 N–H and O–H groups in total. The zero-order valence-corrected chi connectivity index (χ0v) is 12.4. The van der Waals surface area contributed by atoms with Crippen LogP contribution in [0.15, 0.2) is 48.5 Å². The number of nitrogens with one attached hydrogen (secondary N) is 1. The Hall–Kier alpha value is -2.00. The number of carbonyl (C=O) groups is 1. The molecule has 1 aliphatic carbocycles. The Labute approximate surface area is 128 Å². The Bertz CT molecular complexity index is 657. The van der Waals surface area contributed by atoms with Gasteiger partial charge in [-0.25, -0.2) is 0 Å². The molecule has 3 nitrogen and oxygen atoms in total. The summed E-state index contributed by atoms with van der Waals surface area (Å²) < 4.78 is 5.22. The monoisotopic (exact) mass is 301 g/mol. The van der Waals surface area contributed by atoms with Crippen LogP contribution in [0.4, 0.5) is 0 Å². The van der Waals surface area contributed by atoms with Gasteiger partial charge in [-0.2, -0.15) is 0 Å². The van der Waals surface area contributed by atoms with Crippen LogP contribution in [0.1, 0.15) is 28.3 Å². The lowest BCUT2D eigenvalue weighted by atomic mass is 10.1. The van der Waals surface area contributed by atoms with Crippen molar-refractivity contribution >= 4 is 17.5 Å². The first-order valence-electron chi connectivity index (χ1n) is 6.88. The van der Waals surface area contributed by atoms with E-state index in [0.29, 0.717) is 22.3 Å². The van der Waals surface area contributed by atoms with Crippen molar-refractivity contribution in [3.05, 3.63) is 64.7 Å². The highest BCUT2D eigenvalue weighted by atomic mass is 35.5. The van der Waals surface area contributed by atoms with Crippen LogP contribution >= 0.6 is 11.6 Å². The average molecular weight is 302 g/mol. The maximum absolute atomic E-state index is 12.4. The molecular formula is C17H16ClNO2. The lowest BCUT2D eigenvalue weighted by Gasteiger charge is -2.09. The van der Waals surface area contributed by atoms with Gasteiger partial charge in [0.1, 0.15) is 5.75 Å². The van der Waals surface area contributed by atoms with E-state index in [2.05, 4.69) is 17.4 Å². The minimum Gasteiger partial charge on any atom is -0.496 e. The van der Waals surface area contributed by atoms with Gasteiger partial charge in [0.05, 0.1) is 12.7 Å². The number of carbonyl (C=O) groups excluding carboxylic acids is 1. The third-order valence-corrected chi connectivity index (χ3v) is 3.98. The topological polar surface area (TPSA) is 38.3 Å². The van der Waals surface area contributed by atoms with Crippen LogP contribution in [-0.4, -0.2) is 19.1 Å². The Morgan fingerprint density at radius 2 is 2.00 bits per heavy atom. The Kier molecular flexibility index (Phi) is 3.84. The zero-order valence-electron chi connectivity index (χ0n) is 11.7. The predicted octanol–water partition coefficient (Wildman–Crippen LogP) is 3.63. The molecule has 2 aromatic carbocycles. The highest BCUT2D eigenvalue weighted by Crippen LogP contribution is 2.41. The molecule has 108 valence electrons. The molecule has 0 saturated heterocycles. The summed E-state index contributed by atoms with van der Waals surface area (Å²) in [5.74, 6) is 0.798. The van der Waals surface area contributed by atoms with Gasteiger partial charge in [0.15, 0.2) is 0 Å². The van der Waals surface area contributed by atoms with Crippen LogP contribution in [0.3, 0.4) is 0 Å². The molecule has 1 amide bonds. The summed E-state index contributed by atoms with van der Waals surface area (Å²) >= 11 is 5.96. The van der Waals surface area contributed by atoms with E-state index in [-0.39, 0.29) is 11.9 Å². The Morgan fingerprint density at radius 3 is 2.71 bits per heavy atom. The SMILES string of the molecule is COc1ccc(Cl)cc1C(=O)N[C@@H]1C[C@H]1c1ccccc1. The quantitative estimate of drug-likeness (QED) is 0.936. The van der Waals surface area contributed by atoms with Gasteiger partial charge in [-0.3, -0.25) is 4.79 Å². The van der Waals surface area contributed by atoms with Crippen LogP contribution in [0.25, 0.3) is 0 Å². The molecule has 2 atom stereocenters. The number of rotatable bonds is 4. The molecule has 3 rings (SSSR count). The third-order valence-electron chi connectivity index (χ3n) is 3.74. The van der Waals surface area contributed by atoms with Crippen molar-refractivity contribution in [1.82, 2.24) is 5.32 Å². The number of benzene rings is 2. The van der Waals surface area contributed by atoms with Gasteiger partial charge < -0.3 is 10.1 Å². The van der Waals surface area contributed by atoms with E-state index in [9.17, 15) is 4.79 Å². The van der Waals surface area contributed by atoms with Crippen LogP contribution in [0.2, 0.25) is 5.02 Å². The van der Waals surface area contributed by atoms with E-state index in [0.717, 1.165) is 6.42 Å². The molecule has 4 heteroatoms. The fraction of sp³-hybridized carbons (Fsp3) is 0.235. The molecule has 0 aromatic heterocycles. The molecule has 0 bridgehead atoms. The average Bonchev–Trinajstić information content (AvgIpc) is 3.27. The van der Waals surface area contributed by atoms with Crippen molar-refractivity contribution in [3.63, 3.8) is 0 Å². The van der Waals surface area contributed by atoms with E-state index >= 15 is 0 Å². The predicted molar refractivity (Wildman–Crippen MR) is 83.1 cm³/mol. The van der Waals surface area contributed by atoms with Gasteiger partial charge in [-0.1, -0.05) is 41.9 Å². The maximum atomic E-state index is 12.4. The lowest BCUT2D eigenvalue weighted by Crippen LogP contribution is -2.27. The highest BCUT2D eigenvalue weighted by molar-refractivity contribution is 6.31. The van der Waals surface area contributed by atoms with Gasteiger partial charge in [-0.05, 0) is 30.2 Å². The van der Waals surface area contributed by atoms with Crippen LogP contribution in [0.5, 0.6) is 5.75 Å². The zero-order chi connectivity index (χ0) is 14.8. The number of hydrogen-bond donors (Lipinski definition) is 1. The van der Waals surface area contributed by atoms with Crippen molar-refractivity contribution in [1.29, 1.82) is 0 Å². The molecule has 1 saturated carbocycles. The molecule has 1 aliphatic rings. The first-order valence-corrected chi connectivity index (χ1v) is 7.26. The van der Waals surface area contributed by atoms with Crippen molar-refractivity contribution < 1.29 is 9.53 Å². The lowest BCUT2D eigenvalue weighted by molar-refractivity contribution is 0.0947. The van der Waals surface area contributed by atoms with Gasteiger partial charge in [0, 0.05) is 17.0 Å². The summed E-state index contributed by atoms with van der Waals surface area (Å²) in [6, 6.07) is 15.5. The molecule has 21 heavy (non-hydrogen) atoms. The van der Waals surface area contributed by atoms with Crippen LogP contribution in [0, 0.1) is 0 Å². The van der Waals surface area contributed by atoms with Crippen molar-refractivity contribution in [3.8, 4) is 5.75 Å². The molecular weight excluding hydrogens is 286 g/mol. The standard InChI is InChI=1S/C17H16ClNO2/c1-21-16-8-7-12(18)9-14(16)17(20)19-15-10-13(15)11-5-3-2-4-6-11/h2-9,13,15H,10H2,1H3,(H,19,20)/t13-,15+/m0/s1. The largest absolute Gasteiger partial charge is 0.496 e. The first-order chi connectivity index (χ1) is 10.2. The third kappa shape index (κ3) is 3.03. The van der Waals surface area contributed by atoms with E-state index < -0.39 is 0 Å². The fourth-order valence-corrected chi connectivity index (χ4v) is 2.70. The fourth-order valence-electron chi connectivity index (χ4n) is 2.53. The Morgan fingerprint density at radius 1 is 1.24 bits per heavy atom. The second kappa shape index (κ2) is 5.78. The van der Waals surface area contributed by atoms with Gasteiger partial charge in [0.2, 0.25) is 0 Å². The van der Waals surface area contributed by atoms with E-state index in [4.69, 9.17) is 16.3 Å². The highest BCUT2D eigenvalue weighted by Gasteiger charge is 2.39. The minimum atomic E-state index is -0.141. The summed E-state index contributed by atoms with van der Waals surface area (Å²) in [5, 5.41) is 3.57. The second-order valence-corrected chi connectivity index (χ2v) is 5.61. The van der Waals surface area contributed by atoms with Gasteiger partial charge in [0.25, 0.3) is 5.91 Å². The molecule has 0 heterocycles. The molecule has 0 aliphatic heterocycles. The van der Waals surface area contributed by atoms with Crippen molar-refractivity contribution in [2.45, 2.75) is 18.4 Å².